The summed E-state index contributed by atoms with van der Waals surface area (Å²) in [6, 6.07) is 7.79. The fourth-order valence-corrected chi connectivity index (χ4v) is 2.18. The summed E-state index contributed by atoms with van der Waals surface area (Å²) in [7, 11) is 0. The number of carbonyl (C=O) groups excluding carboxylic acids is 1. The smallest absolute Gasteiger partial charge is 0.379 e. The molecule has 0 aliphatic carbocycles. The number of halogens is 3. The molecule has 0 fully saturated rings. The number of amides is 1. The highest BCUT2D eigenvalue weighted by Gasteiger charge is 2.30. The average molecular weight is 369 g/mol. The average Bonchev–Trinajstić information content (AvgIpc) is 2.59. The molecular formula is C16H16F3N4O3+. The molecule has 10 heteroatoms. The highest BCUT2D eigenvalue weighted by molar-refractivity contribution is 6.08. The van der Waals surface area contributed by atoms with Gasteiger partial charge in [-0.05, 0) is 24.3 Å². The molecule has 0 bridgehead atoms. The van der Waals surface area contributed by atoms with E-state index in [0.29, 0.717) is 18.8 Å². The van der Waals surface area contributed by atoms with Crippen LogP contribution in [0.3, 0.4) is 0 Å². The van der Waals surface area contributed by atoms with Crippen LogP contribution >= 0.6 is 0 Å². The summed E-state index contributed by atoms with van der Waals surface area (Å²) in [6.07, 6.45) is -4.55. The zero-order chi connectivity index (χ0) is 19.3. The molecule has 0 aromatic heterocycles. The molecule has 0 spiro atoms. The van der Waals surface area contributed by atoms with Crippen LogP contribution in [0.1, 0.15) is 15.9 Å². The number of nitrogens with one attached hydrogen (secondary N) is 2. The maximum Gasteiger partial charge on any atom is 0.416 e. The van der Waals surface area contributed by atoms with Crippen molar-refractivity contribution in [1.29, 1.82) is 0 Å². The van der Waals surface area contributed by atoms with Gasteiger partial charge in [0.15, 0.2) is 0 Å². The summed E-state index contributed by atoms with van der Waals surface area (Å²) in [5.41, 5.74) is 2.63. The van der Waals surface area contributed by atoms with E-state index in [4.69, 9.17) is 0 Å². The lowest BCUT2D eigenvalue weighted by molar-refractivity contribution is -0.384. The summed E-state index contributed by atoms with van der Waals surface area (Å²) < 4.78 is 38.3. The summed E-state index contributed by atoms with van der Waals surface area (Å²) in [5.74, 6) is -0.764. The first-order valence-corrected chi connectivity index (χ1v) is 7.52. The third-order valence-electron chi connectivity index (χ3n) is 3.40. The minimum Gasteiger partial charge on any atom is -0.379 e. The molecule has 2 rings (SSSR count). The molecule has 0 atom stereocenters. The second kappa shape index (κ2) is 7.83. The molecule has 0 radical (unpaired) electrons. The molecule has 0 aliphatic rings. The van der Waals surface area contributed by atoms with Gasteiger partial charge in [0.2, 0.25) is 0 Å². The van der Waals surface area contributed by atoms with Crippen LogP contribution < -0.4 is 16.4 Å². The van der Waals surface area contributed by atoms with Crippen molar-refractivity contribution in [2.75, 3.05) is 23.7 Å². The van der Waals surface area contributed by atoms with E-state index >= 15 is 0 Å². The zero-order valence-electron chi connectivity index (χ0n) is 13.5. The Morgan fingerprint density at radius 1 is 1.19 bits per heavy atom. The van der Waals surface area contributed by atoms with Gasteiger partial charge in [-0.1, -0.05) is 6.07 Å². The van der Waals surface area contributed by atoms with Crippen molar-refractivity contribution in [1.82, 2.24) is 0 Å². The first kappa shape index (κ1) is 19.2. The van der Waals surface area contributed by atoms with E-state index in [0.717, 1.165) is 24.3 Å². The standard InChI is InChI=1S/C16H15F3N4O3/c17-16(18,19)10-2-1-3-11(8-10)22-15(24)13-9-12(23(25)26)4-5-14(13)21-7-6-20/h1-5,8-9,21H,6-7,20H2,(H,22,24)/p+1. The summed E-state index contributed by atoms with van der Waals surface area (Å²) in [4.78, 5) is 22.7. The zero-order valence-corrected chi connectivity index (χ0v) is 13.5. The van der Waals surface area contributed by atoms with Crippen molar-refractivity contribution in [3.05, 3.63) is 63.7 Å². The molecule has 138 valence electrons. The van der Waals surface area contributed by atoms with E-state index in [-0.39, 0.29) is 16.9 Å². The highest BCUT2D eigenvalue weighted by atomic mass is 19.4. The lowest BCUT2D eigenvalue weighted by atomic mass is 10.1. The second-order valence-electron chi connectivity index (χ2n) is 5.30. The van der Waals surface area contributed by atoms with Gasteiger partial charge >= 0.3 is 6.18 Å². The van der Waals surface area contributed by atoms with Crippen LogP contribution in [0.25, 0.3) is 0 Å². The van der Waals surface area contributed by atoms with Crippen molar-refractivity contribution < 1.29 is 28.6 Å². The van der Waals surface area contributed by atoms with Crippen molar-refractivity contribution >= 4 is 23.0 Å². The molecule has 5 N–H and O–H groups in total. The van der Waals surface area contributed by atoms with Crippen LogP contribution in [0, 0.1) is 10.1 Å². The maximum absolute atomic E-state index is 12.8. The molecule has 0 aliphatic heterocycles. The van der Waals surface area contributed by atoms with Crippen LogP contribution in [-0.4, -0.2) is 23.9 Å². The fourth-order valence-electron chi connectivity index (χ4n) is 2.18. The minimum atomic E-state index is -4.55. The van der Waals surface area contributed by atoms with E-state index in [2.05, 4.69) is 16.4 Å². The highest BCUT2D eigenvalue weighted by Crippen LogP contribution is 2.31. The third kappa shape index (κ3) is 4.70. The Kier molecular flexibility index (Phi) is 5.78. The van der Waals surface area contributed by atoms with Gasteiger partial charge in [-0.25, -0.2) is 0 Å². The van der Waals surface area contributed by atoms with Gasteiger partial charge in [0.05, 0.1) is 29.1 Å². The van der Waals surface area contributed by atoms with Crippen LogP contribution in [-0.2, 0) is 6.18 Å². The lowest BCUT2D eigenvalue weighted by Gasteiger charge is -2.13. The first-order chi connectivity index (χ1) is 12.2. The number of quaternary nitrogens is 1. The van der Waals surface area contributed by atoms with Crippen LogP contribution in [0.15, 0.2) is 42.5 Å². The van der Waals surface area contributed by atoms with Crippen molar-refractivity contribution in [2.45, 2.75) is 6.18 Å². The Balaban J connectivity index is 2.33. The number of alkyl halides is 3. The van der Waals surface area contributed by atoms with Crippen LogP contribution in [0.5, 0.6) is 0 Å². The van der Waals surface area contributed by atoms with Crippen molar-refractivity contribution in [3.8, 4) is 0 Å². The Morgan fingerprint density at radius 3 is 2.54 bits per heavy atom. The minimum absolute atomic E-state index is 0.0509. The largest absolute Gasteiger partial charge is 0.416 e. The number of nitro groups is 1. The maximum atomic E-state index is 12.8. The lowest BCUT2D eigenvalue weighted by Crippen LogP contribution is -2.53. The number of rotatable bonds is 6. The quantitative estimate of drug-likeness (QED) is 0.536. The van der Waals surface area contributed by atoms with E-state index < -0.39 is 22.6 Å². The van der Waals surface area contributed by atoms with Crippen molar-refractivity contribution in [2.24, 2.45) is 0 Å². The number of anilines is 2. The molecule has 0 saturated carbocycles. The number of nitro benzene ring substituents is 1. The molecule has 2 aromatic carbocycles. The van der Waals surface area contributed by atoms with Crippen LogP contribution in [0.2, 0.25) is 0 Å². The number of non-ortho nitro benzene ring substituents is 1. The van der Waals surface area contributed by atoms with Crippen molar-refractivity contribution in [3.63, 3.8) is 0 Å². The molecule has 1 amide bonds. The van der Waals surface area contributed by atoms with Gasteiger partial charge in [0, 0.05) is 23.5 Å². The van der Waals surface area contributed by atoms with E-state index in [1.54, 1.807) is 0 Å². The van der Waals surface area contributed by atoms with Gasteiger partial charge in [0.1, 0.15) is 0 Å². The number of hydrogen-bond acceptors (Lipinski definition) is 4. The number of carbonyl (C=O) groups is 1. The van der Waals surface area contributed by atoms with E-state index in [9.17, 15) is 28.1 Å². The molecule has 7 nitrogen and oxygen atoms in total. The van der Waals surface area contributed by atoms with Gasteiger partial charge in [-0.3, -0.25) is 14.9 Å². The fraction of sp³-hybridized carbons (Fsp3) is 0.188. The predicted octanol–water partition coefficient (Wildman–Crippen LogP) is 2.52. The molecule has 0 unspecified atom stereocenters. The second-order valence-corrected chi connectivity index (χ2v) is 5.30. The monoisotopic (exact) mass is 369 g/mol. The van der Waals surface area contributed by atoms with E-state index in [1.807, 2.05) is 0 Å². The van der Waals surface area contributed by atoms with Gasteiger partial charge in [0.25, 0.3) is 11.6 Å². The summed E-state index contributed by atoms with van der Waals surface area (Å²) in [5, 5.41) is 16.2. The third-order valence-corrected chi connectivity index (χ3v) is 3.40. The Morgan fingerprint density at radius 2 is 1.92 bits per heavy atom. The van der Waals surface area contributed by atoms with Gasteiger partial charge in [-0.15, -0.1) is 0 Å². The molecule has 0 saturated heterocycles. The number of nitrogens with zero attached hydrogens (tertiary/aromatic N) is 1. The molecular weight excluding hydrogens is 353 g/mol. The summed E-state index contributed by atoms with van der Waals surface area (Å²) >= 11 is 0. The van der Waals surface area contributed by atoms with E-state index in [1.165, 1.54) is 18.2 Å². The molecule has 0 heterocycles. The number of benzene rings is 2. The predicted molar refractivity (Wildman–Crippen MR) is 88.7 cm³/mol. The Labute approximate surface area is 146 Å². The SMILES string of the molecule is [NH3+]CCNc1ccc([N+](=O)[O-])cc1C(=O)Nc1cccc(C(F)(F)F)c1. The normalized spacial score (nSPS) is 11.1. The van der Waals surface area contributed by atoms with Crippen LogP contribution in [0.4, 0.5) is 30.2 Å². The molecule has 2 aromatic rings. The van der Waals surface area contributed by atoms with Gasteiger partial charge < -0.3 is 16.4 Å². The molecule has 26 heavy (non-hydrogen) atoms. The summed E-state index contributed by atoms with van der Waals surface area (Å²) in [6.45, 7) is 0.924. The topological polar surface area (TPSA) is 112 Å². The Hall–Kier alpha value is -3.14. The first-order valence-electron chi connectivity index (χ1n) is 7.52. The van der Waals surface area contributed by atoms with Gasteiger partial charge in [-0.2, -0.15) is 13.2 Å². The Bertz CT molecular complexity index is 825. The number of hydrogen-bond donors (Lipinski definition) is 3.